The largest absolute Gasteiger partial charge is 0.508 e. The highest BCUT2D eigenvalue weighted by atomic mass is 16.3. The fourth-order valence-electron chi connectivity index (χ4n) is 4.35. The summed E-state index contributed by atoms with van der Waals surface area (Å²) in [6.45, 7) is 2.04. The van der Waals surface area contributed by atoms with Gasteiger partial charge in [0.15, 0.2) is 5.82 Å². The number of hydrogen-bond donors (Lipinski definition) is 2. The molecule has 1 aromatic heterocycles. The number of nitrogens with zero attached hydrogens (tertiary/aromatic N) is 2. The quantitative estimate of drug-likeness (QED) is 0.841. The van der Waals surface area contributed by atoms with Crippen molar-refractivity contribution < 1.29 is 9.90 Å². The monoisotopic (exact) mass is 365 g/mol. The van der Waals surface area contributed by atoms with E-state index >= 15 is 0 Å². The Hall–Kier alpha value is -2.43. The number of phenolic OH excluding ortho intramolecular Hbond substituents is 1. The number of aryl methyl sites for hydroxylation is 3. The molecule has 1 aromatic carbocycles. The van der Waals surface area contributed by atoms with Crippen molar-refractivity contribution in [3.8, 4) is 17.0 Å². The Kier molecular flexibility index (Phi) is 5.10. The first kappa shape index (κ1) is 18.0. The minimum Gasteiger partial charge on any atom is -0.508 e. The van der Waals surface area contributed by atoms with Crippen LogP contribution in [0.4, 0.5) is 5.82 Å². The minimum absolute atomic E-state index is 0.0620. The van der Waals surface area contributed by atoms with Crippen molar-refractivity contribution in [2.45, 2.75) is 64.7 Å². The Morgan fingerprint density at radius 1 is 1.19 bits per heavy atom. The van der Waals surface area contributed by atoms with Gasteiger partial charge in [0.1, 0.15) is 5.75 Å². The average Bonchev–Trinajstić information content (AvgIpc) is 2.67. The van der Waals surface area contributed by atoms with E-state index in [9.17, 15) is 9.90 Å². The molecule has 0 saturated heterocycles. The van der Waals surface area contributed by atoms with Crippen LogP contribution >= 0.6 is 0 Å². The van der Waals surface area contributed by atoms with Crippen LogP contribution in [0.15, 0.2) is 18.2 Å². The molecule has 0 atom stereocenters. The Balaban J connectivity index is 1.58. The summed E-state index contributed by atoms with van der Waals surface area (Å²) < 4.78 is 0. The van der Waals surface area contributed by atoms with Gasteiger partial charge in [0.2, 0.25) is 5.91 Å². The molecule has 0 spiro atoms. The van der Waals surface area contributed by atoms with Crippen molar-refractivity contribution in [3.63, 3.8) is 0 Å². The second-order valence-corrected chi connectivity index (χ2v) is 7.77. The van der Waals surface area contributed by atoms with E-state index in [1.165, 1.54) is 19.3 Å². The second-order valence-electron chi connectivity index (χ2n) is 7.77. The Bertz CT molecular complexity index is 857. The highest BCUT2D eigenvalue weighted by Crippen LogP contribution is 2.34. The highest BCUT2D eigenvalue weighted by molar-refractivity contribution is 5.90. The van der Waals surface area contributed by atoms with E-state index in [0.717, 1.165) is 53.9 Å². The van der Waals surface area contributed by atoms with Crippen LogP contribution in [0.2, 0.25) is 0 Å². The van der Waals surface area contributed by atoms with Gasteiger partial charge >= 0.3 is 0 Å². The van der Waals surface area contributed by atoms with Crippen LogP contribution in [0.25, 0.3) is 11.3 Å². The number of anilines is 1. The number of fused-ring (bicyclic) bond motifs is 3. The molecular weight excluding hydrogens is 338 g/mol. The fourth-order valence-corrected chi connectivity index (χ4v) is 4.35. The Labute approximate surface area is 160 Å². The van der Waals surface area contributed by atoms with E-state index in [2.05, 4.69) is 5.32 Å². The molecule has 5 heteroatoms. The molecule has 5 nitrogen and oxygen atoms in total. The van der Waals surface area contributed by atoms with Crippen molar-refractivity contribution in [1.29, 1.82) is 0 Å². The van der Waals surface area contributed by atoms with Crippen molar-refractivity contribution >= 4 is 11.7 Å². The topological polar surface area (TPSA) is 75.1 Å². The number of aromatic hydroxyl groups is 1. The molecule has 2 aliphatic rings. The van der Waals surface area contributed by atoms with Crippen molar-refractivity contribution in [2.75, 3.05) is 5.32 Å². The maximum atomic E-state index is 12.5. The molecule has 2 aliphatic carbocycles. The maximum Gasteiger partial charge on any atom is 0.225 e. The number of hydrogen-bond acceptors (Lipinski definition) is 4. The van der Waals surface area contributed by atoms with Gasteiger partial charge in [0.05, 0.1) is 17.1 Å². The van der Waals surface area contributed by atoms with Crippen LogP contribution in [0.3, 0.4) is 0 Å². The number of benzene rings is 1. The third-order valence-electron chi connectivity index (χ3n) is 5.81. The van der Waals surface area contributed by atoms with Crippen molar-refractivity contribution in [3.05, 3.63) is 35.2 Å². The summed E-state index contributed by atoms with van der Waals surface area (Å²) in [6.07, 6.45) is 9.00. The molecule has 1 saturated carbocycles. The molecule has 0 unspecified atom stereocenters. The zero-order chi connectivity index (χ0) is 18.8. The molecule has 142 valence electrons. The summed E-state index contributed by atoms with van der Waals surface area (Å²) in [5.41, 5.74) is 4.78. The molecule has 1 heterocycles. The number of phenols is 1. The maximum absolute atomic E-state index is 12.5. The summed E-state index contributed by atoms with van der Waals surface area (Å²) in [5, 5.41) is 12.8. The van der Waals surface area contributed by atoms with Crippen LogP contribution < -0.4 is 5.32 Å². The molecule has 2 aromatic rings. The van der Waals surface area contributed by atoms with Gasteiger partial charge in [-0.25, -0.2) is 9.97 Å². The number of rotatable bonds is 4. The average molecular weight is 365 g/mol. The van der Waals surface area contributed by atoms with E-state index in [1.807, 2.05) is 19.1 Å². The Morgan fingerprint density at radius 3 is 2.78 bits per heavy atom. The van der Waals surface area contributed by atoms with E-state index in [1.54, 1.807) is 6.07 Å². The lowest BCUT2D eigenvalue weighted by Crippen LogP contribution is -2.21. The van der Waals surface area contributed by atoms with Gasteiger partial charge < -0.3 is 10.4 Å². The van der Waals surface area contributed by atoms with Gasteiger partial charge in [0, 0.05) is 12.0 Å². The van der Waals surface area contributed by atoms with Crippen LogP contribution in [-0.4, -0.2) is 21.0 Å². The third kappa shape index (κ3) is 3.82. The van der Waals surface area contributed by atoms with E-state index in [4.69, 9.17) is 9.97 Å². The Morgan fingerprint density at radius 2 is 2.00 bits per heavy atom. The lowest BCUT2D eigenvalue weighted by molar-refractivity contribution is -0.117. The molecule has 27 heavy (non-hydrogen) atoms. The summed E-state index contributed by atoms with van der Waals surface area (Å²) in [4.78, 5) is 22.2. The zero-order valence-electron chi connectivity index (χ0n) is 15.9. The summed E-state index contributed by atoms with van der Waals surface area (Å²) >= 11 is 0. The van der Waals surface area contributed by atoms with Crippen LogP contribution in [0.1, 0.15) is 62.4 Å². The molecule has 0 aliphatic heterocycles. The summed E-state index contributed by atoms with van der Waals surface area (Å²) in [6, 6.07) is 5.42. The van der Waals surface area contributed by atoms with Crippen LogP contribution in [0.5, 0.6) is 5.75 Å². The summed E-state index contributed by atoms with van der Waals surface area (Å²) in [7, 11) is 0. The first-order valence-electron chi connectivity index (χ1n) is 10.2. The van der Waals surface area contributed by atoms with Crippen molar-refractivity contribution in [1.82, 2.24) is 9.97 Å². The molecule has 2 N–H and O–H groups in total. The van der Waals surface area contributed by atoms with Crippen LogP contribution in [-0.2, 0) is 24.1 Å². The molecular formula is C22H27N3O2. The van der Waals surface area contributed by atoms with Crippen LogP contribution in [0, 0.1) is 5.92 Å². The fraction of sp³-hybridized carbons (Fsp3) is 0.500. The SMILES string of the molecule is CCc1nc2c(nc1NC(=O)CC1CCCCC1)CCc1cc(O)ccc1-2. The predicted molar refractivity (Wildman–Crippen MR) is 106 cm³/mol. The van der Waals surface area contributed by atoms with E-state index in [-0.39, 0.29) is 11.7 Å². The van der Waals surface area contributed by atoms with Gasteiger partial charge in [-0.15, -0.1) is 0 Å². The van der Waals surface area contributed by atoms with Gasteiger partial charge in [-0.3, -0.25) is 4.79 Å². The first-order valence-corrected chi connectivity index (χ1v) is 10.2. The number of carbonyl (C=O) groups excluding carboxylic acids is 1. The molecule has 0 bridgehead atoms. The van der Waals surface area contributed by atoms with Gasteiger partial charge in [-0.05, 0) is 61.8 Å². The predicted octanol–water partition coefficient (Wildman–Crippen LogP) is 4.42. The second kappa shape index (κ2) is 7.67. The first-order chi connectivity index (χ1) is 13.1. The molecule has 4 rings (SSSR count). The normalized spacial score (nSPS) is 16.5. The van der Waals surface area contributed by atoms with E-state index in [0.29, 0.717) is 24.6 Å². The zero-order valence-corrected chi connectivity index (χ0v) is 15.9. The van der Waals surface area contributed by atoms with Gasteiger partial charge in [-0.1, -0.05) is 26.2 Å². The van der Waals surface area contributed by atoms with E-state index < -0.39 is 0 Å². The standard InChI is InChI=1S/C22H27N3O2/c1-2-18-22(25-20(27)12-14-6-4-3-5-7-14)24-19-11-8-15-13-16(26)9-10-17(15)21(19)23-18/h9-10,13-14,26H,2-8,11-12H2,1H3,(H,24,25,27). The van der Waals surface area contributed by atoms with Gasteiger partial charge in [-0.2, -0.15) is 0 Å². The number of aromatic nitrogens is 2. The number of nitrogens with one attached hydrogen (secondary N) is 1. The highest BCUT2D eigenvalue weighted by Gasteiger charge is 2.23. The lowest BCUT2D eigenvalue weighted by atomic mass is 9.87. The summed E-state index contributed by atoms with van der Waals surface area (Å²) in [5.74, 6) is 1.48. The molecule has 1 amide bonds. The van der Waals surface area contributed by atoms with Gasteiger partial charge in [0.25, 0.3) is 0 Å². The number of carbonyl (C=O) groups is 1. The lowest BCUT2D eigenvalue weighted by Gasteiger charge is -2.22. The smallest absolute Gasteiger partial charge is 0.225 e. The molecule has 0 radical (unpaired) electrons. The minimum atomic E-state index is 0.0620. The third-order valence-corrected chi connectivity index (χ3v) is 5.81. The van der Waals surface area contributed by atoms with Crippen molar-refractivity contribution in [2.24, 2.45) is 5.92 Å². The number of amides is 1. The molecule has 1 fully saturated rings.